The smallest absolute Gasteiger partial charge is 0.188 e. The lowest BCUT2D eigenvalue weighted by atomic mass is 9.99. The molecule has 148 valence electrons. The number of nitriles is 1. The molecule has 0 aliphatic rings. The number of rotatable bonds is 6. The highest BCUT2D eigenvalue weighted by molar-refractivity contribution is 7.10. The van der Waals surface area contributed by atoms with Crippen LogP contribution in [-0.4, -0.2) is 30.0 Å². The minimum absolute atomic E-state index is 0.316. The predicted molar refractivity (Wildman–Crippen MR) is 115 cm³/mol. The van der Waals surface area contributed by atoms with Crippen LogP contribution < -0.4 is 9.47 Å². The van der Waals surface area contributed by atoms with E-state index in [0.29, 0.717) is 27.8 Å². The Hall–Kier alpha value is -3.76. The summed E-state index contributed by atoms with van der Waals surface area (Å²) >= 11 is 1.28. The van der Waals surface area contributed by atoms with Gasteiger partial charge in [-0.25, -0.2) is 4.98 Å². The molecule has 0 radical (unpaired) electrons. The fourth-order valence-corrected chi connectivity index (χ4v) is 4.01. The van der Waals surface area contributed by atoms with Gasteiger partial charge in [0, 0.05) is 28.1 Å². The zero-order valence-corrected chi connectivity index (χ0v) is 17.1. The van der Waals surface area contributed by atoms with E-state index < -0.39 is 5.92 Å². The topological polar surface area (TPSA) is 85.1 Å². The normalized spacial score (nSPS) is 11.6. The fraction of sp³-hybridized carbons (Fsp3) is 0.130. The van der Waals surface area contributed by atoms with Gasteiger partial charge in [0.15, 0.2) is 23.2 Å². The standard InChI is InChI=1S/C23H17N3O3S/c1-28-20-8-7-15(10-21(20)29-2)19-13-30-23(26-19)17(11-24)22(27)16-9-14-5-3-4-6-18(14)25-12-16/h3-10,12-13,17H,1-2H3. The van der Waals surface area contributed by atoms with E-state index in [4.69, 9.17) is 9.47 Å². The molecule has 4 rings (SSSR count). The molecule has 2 aromatic carbocycles. The van der Waals surface area contributed by atoms with Crippen molar-refractivity contribution in [2.24, 2.45) is 0 Å². The van der Waals surface area contributed by atoms with Gasteiger partial charge in [-0.15, -0.1) is 11.3 Å². The zero-order chi connectivity index (χ0) is 21.1. The zero-order valence-electron chi connectivity index (χ0n) is 16.3. The largest absolute Gasteiger partial charge is 0.493 e. The van der Waals surface area contributed by atoms with Crippen LogP contribution in [-0.2, 0) is 0 Å². The van der Waals surface area contributed by atoms with E-state index in [1.54, 1.807) is 26.4 Å². The van der Waals surface area contributed by atoms with Crippen LogP contribution in [0.15, 0.2) is 60.1 Å². The highest BCUT2D eigenvalue weighted by Crippen LogP contribution is 2.34. The lowest BCUT2D eigenvalue weighted by molar-refractivity contribution is 0.0978. The van der Waals surface area contributed by atoms with Crippen molar-refractivity contribution in [1.29, 1.82) is 5.26 Å². The molecule has 2 heterocycles. The number of hydrogen-bond donors (Lipinski definition) is 0. The van der Waals surface area contributed by atoms with Gasteiger partial charge in [0.1, 0.15) is 5.01 Å². The highest BCUT2D eigenvalue weighted by atomic mass is 32.1. The Morgan fingerprint density at radius 3 is 2.67 bits per heavy atom. The molecule has 0 fully saturated rings. The molecule has 1 unspecified atom stereocenters. The number of hydrogen-bond acceptors (Lipinski definition) is 7. The van der Waals surface area contributed by atoms with Gasteiger partial charge in [0.05, 0.1) is 31.5 Å². The van der Waals surface area contributed by atoms with E-state index in [0.717, 1.165) is 16.5 Å². The summed E-state index contributed by atoms with van der Waals surface area (Å²) in [4.78, 5) is 21.9. The Morgan fingerprint density at radius 2 is 1.90 bits per heavy atom. The first-order chi connectivity index (χ1) is 14.6. The molecule has 4 aromatic rings. The number of nitrogens with zero attached hydrogens (tertiary/aromatic N) is 3. The molecule has 7 heteroatoms. The van der Waals surface area contributed by atoms with Gasteiger partial charge in [0.25, 0.3) is 0 Å². The number of fused-ring (bicyclic) bond motifs is 1. The number of ketones is 1. The molecule has 2 aromatic heterocycles. The first-order valence-electron chi connectivity index (χ1n) is 9.11. The second-order valence-corrected chi connectivity index (χ2v) is 7.37. The monoisotopic (exact) mass is 415 g/mol. The number of pyridine rings is 1. The Labute approximate surface area is 177 Å². The third kappa shape index (κ3) is 3.61. The van der Waals surface area contributed by atoms with E-state index >= 15 is 0 Å². The molecule has 0 aliphatic heterocycles. The van der Waals surface area contributed by atoms with Crippen molar-refractivity contribution in [1.82, 2.24) is 9.97 Å². The van der Waals surface area contributed by atoms with Gasteiger partial charge in [0.2, 0.25) is 0 Å². The molecule has 0 aliphatic carbocycles. The molecule has 0 saturated carbocycles. The van der Waals surface area contributed by atoms with Crippen molar-refractivity contribution in [2.45, 2.75) is 5.92 Å². The quantitative estimate of drug-likeness (QED) is 0.418. The van der Waals surface area contributed by atoms with Crippen LogP contribution in [0.25, 0.3) is 22.2 Å². The Bertz CT molecular complexity index is 1280. The Kier molecular flexibility index (Phi) is 5.42. The van der Waals surface area contributed by atoms with Gasteiger partial charge >= 0.3 is 0 Å². The number of methoxy groups -OCH3 is 2. The summed E-state index contributed by atoms with van der Waals surface area (Å²) in [5.41, 5.74) is 2.67. The van der Waals surface area contributed by atoms with Crippen LogP contribution in [0.4, 0.5) is 0 Å². The van der Waals surface area contributed by atoms with Gasteiger partial charge in [-0.2, -0.15) is 5.26 Å². The second kappa shape index (κ2) is 8.31. The summed E-state index contributed by atoms with van der Waals surface area (Å²) in [6, 6.07) is 16.9. The lowest BCUT2D eigenvalue weighted by Crippen LogP contribution is -2.11. The summed E-state index contributed by atoms with van der Waals surface area (Å²) in [5, 5.41) is 12.8. The SMILES string of the molecule is COc1ccc(-c2csc(C(C#N)C(=O)c3cnc4ccccc4c3)n2)cc1OC. The molecule has 1 atom stereocenters. The second-order valence-electron chi connectivity index (χ2n) is 6.48. The highest BCUT2D eigenvalue weighted by Gasteiger charge is 2.26. The van der Waals surface area contributed by atoms with E-state index in [1.165, 1.54) is 17.5 Å². The number of ether oxygens (including phenoxy) is 2. The average molecular weight is 415 g/mol. The van der Waals surface area contributed by atoms with Crippen LogP contribution in [0, 0.1) is 11.3 Å². The molecule has 0 N–H and O–H groups in total. The minimum atomic E-state index is -0.994. The first kappa shape index (κ1) is 19.6. The molecule has 0 spiro atoms. The summed E-state index contributed by atoms with van der Waals surface area (Å²) in [7, 11) is 3.14. The van der Waals surface area contributed by atoms with E-state index in [1.807, 2.05) is 41.8 Å². The molecule has 0 amide bonds. The number of thiazole rings is 1. The maximum absolute atomic E-state index is 13.0. The number of Topliss-reactive ketones (excluding diaryl/α,β-unsaturated/α-hetero) is 1. The van der Waals surface area contributed by atoms with E-state index in [9.17, 15) is 10.1 Å². The van der Waals surface area contributed by atoms with Crippen molar-refractivity contribution < 1.29 is 14.3 Å². The summed E-state index contributed by atoms with van der Waals surface area (Å²) < 4.78 is 10.6. The number of benzene rings is 2. The molecule has 0 saturated heterocycles. The molecular weight excluding hydrogens is 398 g/mol. The number of carbonyl (C=O) groups is 1. The van der Waals surface area contributed by atoms with Gasteiger partial charge in [-0.3, -0.25) is 9.78 Å². The Morgan fingerprint density at radius 1 is 1.10 bits per heavy atom. The molecule has 30 heavy (non-hydrogen) atoms. The average Bonchev–Trinajstić information content (AvgIpc) is 3.28. The maximum Gasteiger partial charge on any atom is 0.188 e. The van der Waals surface area contributed by atoms with E-state index in [-0.39, 0.29) is 5.78 Å². The number of para-hydroxylation sites is 1. The summed E-state index contributed by atoms with van der Waals surface area (Å²) in [5.74, 6) is -0.110. The van der Waals surface area contributed by atoms with Crippen molar-refractivity contribution in [2.75, 3.05) is 14.2 Å². The van der Waals surface area contributed by atoms with Crippen molar-refractivity contribution in [3.05, 3.63) is 70.7 Å². The number of carbonyl (C=O) groups excluding carboxylic acids is 1. The molecular formula is C23H17N3O3S. The molecule has 6 nitrogen and oxygen atoms in total. The van der Waals surface area contributed by atoms with Crippen molar-refractivity contribution >= 4 is 28.0 Å². The van der Waals surface area contributed by atoms with Crippen molar-refractivity contribution in [3.63, 3.8) is 0 Å². The van der Waals surface area contributed by atoms with Gasteiger partial charge in [-0.1, -0.05) is 18.2 Å². The van der Waals surface area contributed by atoms with Gasteiger partial charge < -0.3 is 9.47 Å². The Balaban J connectivity index is 1.65. The van der Waals surface area contributed by atoms with Crippen LogP contribution in [0.1, 0.15) is 21.3 Å². The summed E-state index contributed by atoms with van der Waals surface area (Å²) in [6.07, 6.45) is 1.51. The predicted octanol–water partition coefficient (Wildman–Crippen LogP) is 4.87. The lowest BCUT2D eigenvalue weighted by Gasteiger charge is -2.08. The fourth-order valence-electron chi connectivity index (χ4n) is 3.15. The van der Waals surface area contributed by atoms with Crippen LogP contribution in [0.2, 0.25) is 0 Å². The first-order valence-corrected chi connectivity index (χ1v) is 9.99. The third-order valence-electron chi connectivity index (χ3n) is 4.71. The van der Waals surface area contributed by atoms with Crippen LogP contribution in [0.5, 0.6) is 11.5 Å². The third-order valence-corrected chi connectivity index (χ3v) is 5.62. The summed E-state index contributed by atoms with van der Waals surface area (Å²) in [6.45, 7) is 0. The van der Waals surface area contributed by atoms with Gasteiger partial charge in [-0.05, 0) is 30.3 Å². The van der Waals surface area contributed by atoms with Crippen LogP contribution >= 0.6 is 11.3 Å². The van der Waals surface area contributed by atoms with Crippen LogP contribution in [0.3, 0.4) is 0 Å². The van der Waals surface area contributed by atoms with Crippen molar-refractivity contribution in [3.8, 4) is 28.8 Å². The maximum atomic E-state index is 13.0. The number of aromatic nitrogens is 2. The minimum Gasteiger partial charge on any atom is -0.493 e. The molecule has 0 bridgehead atoms. The van der Waals surface area contributed by atoms with E-state index in [2.05, 4.69) is 16.0 Å².